The van der Waals surface area contributed by atoms with E-state index in [0.29, 0.717) is 0 Å². The first-order chi connectivity index (χ1) is 20.3. The number of para-hydroxylation sites is 2. The second-order valence-corrected chi connectivity index (χ2v) is 10.8. The largest absolute Gasteiger partial charge is 0.308 e. The Labute approximate surface area is 237 Å². The summed E-state index contributed by atoms with van der Waals surface area (Å²) in [4.78, 5) is 5.05. The molecule has 0 saturated carbocycles. The lowest BCUT2D eigenvalue weighted by molar-refractivity contribution is 1.14. The average molecular weight is 521 g/mol. The molecule has 190 valence electrons. The maximum atomic E-state index is 5.05. The summed E-state index contributed by atoms with van der Waals surface area (Å²) >= 11 is 0. The van der Waals surface area contributed by atoms with Gasteiger partial charge in [0.25, 0.3) is 0 Å². The molecule has 7 aromatic carbocycles. The Balaban J connectivity index is 1.24. The summed E-state index contributed by atoms with van der Waals surface area (Å²) in [7, 11) is 0. The Morgan fingerprint density at radius 1 is 0.415 bits per heavy atom. The summed E-state index contributed by atoms with van der Waals surface area (Å²) in [5.74, 6) is 0. The standard InChI is InChI=1S/C39H24N2/c1-2-8-25(9-3-1)29-19-14-26-17-22-34-30(20-15-27-16-21-33(29)38(26)39(27)34)35-23-18-28(24-40-35)41-36-12-6-4-10-31(36)32-11-5-7-13-37(32)41/h1-24H. The summed E-state index contributed by atoms with van der Waals surface area (Å²) in [6.07, 6.45) is 2.01. The summed E-state index contributed by atoms with van der Waals surface area (Å²) in [6.45, 7) is 0. The van der Waals surface area contributed by atoms with Crippen molar-refractivity contribution in [1.82, 2.24) is 9.55 Å². The quantitative estimate of drug-likeness (QED) is 0.212. The first-order valence-electron chi connectivity index (χ1n) is 14.1. The molecule has 0 fully saturated rings. The van der Waals surface area contributed by atoms with Gasteiger partial charge in [0.2, 0.25) is 0 Å². The summed E-state index contributed by atoms with van der Waals surface area (Å²) in [6, 6.07) is 50.3. The van der Waals surface area contributed by atoms with Gasteiger partial charge in [0.15, 0.2) is 0 Å². The smallest absolute Gasteiger partial charge is 0.0709 e. The summed E-state index contributed by atoms with van der Waals surface area (Å²) < 4.78 is 2.32. The van der Waals surface area contributed by atoms with E-state index in [4.69, 9.17) is 4.98 Å². The number of hydrogen-bond donors (Lipinski definition) is 0. The highest BCUT2D eigenvalue weighted by molar-refractivity contribution is 6.27. The van der Waals surface area contributed by atoms with Crippen LogP contribution >= 0.6 is 0 Å². The van der Waals surface area contributed by atoms with Gasteiger partial charge in [0.1, 0.15) is 0 Å². The fraction of sp³-hybridized carbons (Fsp3) is 0. The van der Waals surface area contributed by atoms with Crippen LogP contribution in [0.5, 0.6) is 0 Å². The minimum atomic E-state index is 0.982. The maximum Gasteiger partial charge on any atom is 0.0709 e. The van der Waals surface area contributed by atoms with Crippen LogP contribution in [-0.2, 0) is 0 Å². The zero-order valence-corrected chi connectivity index (χ0v) is 22.3. The van der Waals surface area contributed by atoms with Crippen molar-refractivity contribution in [3.8, 4) is 28.1 Å². The van der Waals surface area contributed by atoms with Crippen LogP contribution in [0.4, 0.5) is 0 Å². The van der Waals surface area contributed by atoms with Gasteiger partial charge in [0.05, 0.1) is 28.6 Å². The van der Waals surface area contributed by atoms with E-state index in [-0.39, 0.29) is 0 Å². The molecular weight excluding hydrogens is 496 g/mol. The van der Waals surface area contributed by atoms with E-state index < -0.39 is 0 Å². The van der Waals surface area contributed by atoms with Gasteiger partial charge in [0, 0.05) is 16.3 Å². The Kier molecular flexibility index (Phi) is 4.64. The maximum absolute atomic E-state index is 5.05. The van der Waals surface area contributed by atoms with E-state index in [0.717, 1.165) is 16.9 Å². The van der Waals surface area contributed by atoms with Crippen molar-refractivity contribution in [1.29, 1.82) is 0 Å². The second kappa shape index (κ2) is 8.51. The van der Waals surface area contributed by atoms with Gasteiger partial charge in [-0.1, -0.05) is 115 Å². The molecule has 0 N–H and O–H groups in total. The Hall–Kier alpha value is -5.47. The van der Waals surface area contributed by atoms with Gasteiger partial charge in [-0.15, -0.1) is 0 Å². The monoisotopic (exact) mass is 520 g/mol. The van der Waals surface area contributed by atoms with E-state index in [2.05, 4.69) is 144 Å². The van der Waals surface area contributed by atoms with E-state index in [1.54, 1.807) is 0 Å². The predicted octanol–water partition coefficient (Wildman–Crippen LogP) is 10.4. The second-order valence-electron chi connectivity index (χ2n) is 10.8. The van der Waals surface area contributed by atoms with E-state index >= 15 is 0 Å². The SMILES string of the molecule is c1ccc(-c2ccc3ccc4c(-c5ccc(-n6c7ccccc7c7ccccc76)cn5)ccc5ccc2c3c54)cc1. The van der Waals surface area contributed by atoms with Crippen LogP contribution in [0.3, 0.4) is 0 Å². The zero-order valence-electron chi connectivity index (χ0n) is 22.3. The van der Waals surface area contributed by atoms with Gasteiger partial charge in [-0.2, -0.15) is 0 Å². The first kappa shape index (κ1) is 22.4. The third-order valence-electron chi connectivity index (χ3n) is 8.61. The third kappa shape index (κ3) is 3.22. The molecule has 2 heteroatoms. The number of aromatic nitrogens is 2. The Morgan fingerprint density at radius 2 is 0.976 bits per heavy atom. The molecule has 2 heterocycles. The topological polar surface area (TPSA) is 17.8 Å². The lowest BCUT2D eigenvalue weighted by Gasteiger charge is -2.16. The molecule has 0 atom stereocenters. The van der Waals surface area contributed by atoms with Crippen LogP contribution in [0.1, 0.15) is 0 Å². The zero-order chi connectivity index (χ0) is 26.9. The van der Waals surface area contributed by atoms with E-state index in [1.807, 2.05) is 6.20 Å². The molecule has 9 aromatic rings. The fourth-order valence-corrected chi connectivity index (χ4v) is 6.77. The van der Waals surface area contributed by atoms with E-state index in [1.165, 1.54) is 65.3 Å². The van der Waals surface area contributed by atoms with Crippen LogP contribution < -0.4 is 0 Å². The number of fused-ring (bicyclic) bond motifs is 3. The Bertz CT molecular complexity index is 2340. The highest BCUT2D eigenvalue weighted by Gasteiger charge is 2.16. The average Bonchev–Trinajstić information content (AvgIpc) is 3.38. The molecule has 0 aliphatic rings. The van der Waals surface area contributed by atoms with Crippen molar-refractivity contribution in [3.63, 3.8) is 0 Å². The molecule has 0 amide bonds. The summed E-state index contributed by atoms with van der Waals surface area (Å²) in [5, 5.41) is 10.2. The molecule has 0 unspecified atom stereocenters. The van der Waals surface area contributed by atoms with Gasteiger partial charge in [-0.25, -0.2) is 0 Å². The fourth-order valence-electron chi connectivity index (χ4n) is 6.77. The molecule has 0 spiro atoms. The van der Waals surface area contributed by atoms with Gasteiger partial charge in [-0.3, -0.25) is 4.98 Å². The third-order valence-corrected chi connectivity index (χ3v) is 8.61. The molecule has 0 saturated heterocycles. The van der Waals surface area contributed by atoms with Crippen LogP contribution in [-0.4, -0.2) is 9.55 Å². The molecule has 9 rings (SSSR count). The molecule has 0 aliphatic heterocycles. The first-order valence-corrected chi connectivity index (χ1v) is 14.1. The minimum absolute atomic E-state index is 0.982. The van der Waals surface area contributed by atoms with Crippen molar-refractivity contribution in [2.75, 3.05) is 0 Å². The number of pyridine rings is 1. The predicted molar refractivity (Wildman–Crippen MR) is 173 cm³/mol. The molecular formula is C39H24N2. The Morgan fingerprint density at radius 3 is 1.61 bits per heavy atom. The number of benzene rings is 7. The van der Waals surface area contributed by atoms with Crippen LogP contribution in [0.2, 0.25) is 0 Å². The van der Waals surface area contributed by atoms with Crippen molar-refractivity contribution >= 4 is 54.1 Å². The van der Waals surface area contributed by atoms with Crippen LogP contribution in [0.25, 0.3) is 82.2 Å². The normalized spacial score (nSPS) is 11.9. The lowest BCUT2D eigenvalue weighted by Crippen LogP contribution is -1.96. The molecule has 41 heavy (non-hydrogen) atoms. The highest BCUT2D eigenvalue weighted by atomic mass is 15.0. The van der Waals surface area contributed by atoms with Crippen molar-refractivity contribution in [2.45, 2.75) is 0 Å². The van der Waals surface area contributed by atoms with Gasteiger partial charge < -0.3 is 4.57 Å². The number of rotatable bonds is 3. The van der Waals surface area contributed by atoms with Crippen molar-refractivity contribution < 1.29 is 0 Å². The van der Waals surface area contributed by atoms with Gasteiger partial charge >= 0.3 is 0 Å². The number of hydrogen-bond acceptors (Lipinski definition) is 1. The van der Waals surface area contributed by atoms with Crippen LogP contribution in [0, 0.1) is 0 Å². The molecule has 0 radical (unpaired) electrons. The van der Waals surface area contributed by atoms with Gasteiger partial charge in [-0.05, 0) is 67.7 Å². The highest BCUT2D eigenvalue weighted by Crippen LogP contribution is 2.42. The van der Waals surface area contributed by atoms with Crippen molar-refractivity contribution in [2.24, 2.45) is 0 Å². The van der Waals surface area contributed by atoms with E-state index in [9.17, 15) is 0 Å². The molecule has 0 aliphatic carbocycles. The molecule has 2 aromatic heterocycles. The van der Waals surface area contributed by atoms with Crippen LogP contribution in [0.15, 0.2) is 146 Å². The summed E-state index contributed by atoms with van der Waals surface area (Å²) in [5.41, 5.74) is 8.11. The number of nitrogens with zero attached hydrogens (tertiary/aromatic N) is 2. The van der Waals surface area contributed by atoms with Crippen molar-refractivity contribution in [3.05, 3.63) is 146 Å². The molecule has 2 nitrogen and oxygen atoms in total. The minimum Gasteiger partial charge on any atom is -0.308 e. The molecule has 0 bridgehead atoms. The lowest BCUT2D eigenvalue weighted by atomic mass is 9.88.